The number of ether oxygens (including phenoxy) is 4. The predicted octanol–water partition coefficient (Wildman–Crippen LogP) is 10.7. The summed E-state index contributed by atoms with van der Waals surface area (Å²) in [5.74, 6) is -0.885. The van der Waals surface area contributed by atoms with Crippen LogP contribution in [0.5, 0.6) is 0 Å². The standard InChI is InChI=1S/C21H16N2O2.C20H15N3O2.C16H14N2.C16H11N.C7H12O5.ClH.Na/c1-25-21(24)16-12-22-20(23-13-16)19-17-8-4-2-6-14(17)10-11-15-7-3-5-9-18(15)19;24-20(23-25)15-11-21-19(22-12-15)18-16-7-3-1-5-13(16)9-10-14-6-2-4-8-17(14)18;17-16(18)15-13-7-3-1-5-11(13)9-10-12-6-2-4-8-14(12)15;17-11-16-14-7-3-1-5-12(14)9-10-13-6-2-4-8-15(13)16;1-10-6(9)5(4-8)7(11-2)12-3;;/h2-13,19H,1H3;1-12,18,25H,(H,23,24);1-10,15H,(H3,17,18);1-10,16H;4,7-8H,1-3H3;1H;/q;;;;;;+1/p-1/b;;;;5-4+;;. The first-order valence-corrected chi connectivity index (χ1v) is 30.7. The molecule has 14 rings (SSSR count). The van der Waals surface area contributed by atoms with Crippen LogP contribution in [0.15, 0.2) is 231 Å². The molecule has 0 unspecified atom stereocenters. The molecule has 99 heavy (non-hydrogen) atoms. The van der Waals surface area contributed by atoms with E-state index >= 15 is 0 Å². The number of hydrogen-bond donors (Lipinski definition) is 4. The molecule has 2 aromatic heterocycles. The fourth-order valence-corrected chi connectivity index (χ4v) is 11.9. The van der Waals surface area contributed by atoms with Gasteiger partial charge in [0.15, 0.2) is 6.29 Å². The number of nitrogens with zero attached hydrogens (tertiary/aromatic N) is 5. The Labute approximate surface area is 602 Å². The van der Waals surface area contributed by atoms with Crippen molar-refractivity contribution in [3.05, 3.63) is 343 Å². The molecule has 0 atom stereocenters. The number of fused-ring (bicyclic) bond motifs is 8. The first-order chi connectivity index (χ1) is 47.4. The molecular weight excluding hydrogens is 1280 g/mol. The van der Waals surface area contributed by atoms with Crippen molar-refractivity contribution in [1.82, 2.24) is 25.4 Å². The Morgan fingerprint density at radius 3 is 1.05 bits per heavy atom. The quantitative estimate of drug-likeness (QED) is 0.0120. The number of carbonyl (C=O) groups excluding carboxylic acids is 3. The summed E-state index contributed by atoms with van der Waals surface area (Å²) in [4.78, 5) is 51.7. The largest absolute Gasteiger partial charge is 1.00 e. The number of esters is 2. The second kappa shape index (κ2) is 35.8. The van der Waals surface area contributed by atoms with Gasteiger partial charge in [0.05, 0.1) is 60.7 Å². The van der Waals surface area contributed by atoms with Crippen LogP contribution >= 0.6 is 12.4 Å². The van der Waals surface area contributed by atoms with E-state index in [4.69, 9.17) is 21.1 Å². The van der Waals surface area contributed by atoms with E-state index in [1.807, 2.05) is 121 Å². The molecule has 4 aliphatic carbocycles. The molecule has 0 fully saturated rings. The van der Waals surface area contributed by atoms with Gasteiger partial charge in [-0.2, -0.15) is 5.26 Å². The zero-order valence-electron chi connectivity index (χ0n) is 54.8. The van der Waals surface area contributed by atoms with Crippen molar-refractivity contribution in [2.75, 3.05) is 28.4 Å². The number of aromatic nitrogens is 4. The maximum absolute atomic E-state index is 11.6. The molecule has 4 aliphatic rings. The van der Waals surface area contributed by atoms with E-state index in [9.17, 15) is 24.8 Å². The summed E-state index contributed by atoms with van der Waals surface area (Å²) in [6.45, 7) is 0. The Kier molecular flexibility index (Phi) is 26.7. The first-order valence-electron chi connectivity index (χ1n) is 30.7. The van der Waals surface area contributed by atoms with Gasteiger partial charge >= 0.3 is 41.5 Å². The summed E-state index contributed by atoms with van der Waals surface area (Å²) in [5.41, 5.74) is 25.7. The van der Waals surface area contributed by atoms with Gasteiger partial charge in [0, 0.05) is 39.0 Å². The molecule has 0 bridgehead atoms. The molecule has 2 heterocycles. The molecule has 19 heteroatoms. The topological polar surface area (TPSA) is 269 Å². The summed E-state index contributed by atoms with van der Waals surface area (Å²) in [6, 6.07) is 67.6. The number of carbonyl (C=O) groups is 3. The van der Waals surface area contributed by atoms with Gasteiger partial charge in [-0.1, -0.05) is 243 Å². The minimum Gasteiger partial charge on any atom is -0.877 e. The summed E-state index contributed by atoms with van der Waals surface area (Å²) < 4.78 is 18.4. The monoisotopic (exact) mass is 1340 g/mol. The zero-order valence-corrected chi connectivity index (χ0v) is 57.6. The van der Waals surface area contributed by atoms with Crippen molar-refractivity contribution in [2.24, 2.45) is 5.73 Å². The van der Waals surface area contributed by atoms with Crippen molar-refractivity contribution >= 4 is 84.7 Å². The molecule has 5 N–H and O–H groups in total. The summed E-state index contributed by atoms with van der Waals surface area (Å²) in [6.07, 6.45) is 22.1. The number of methoxy groups -OCH3 is 4. The third kappa shape index (κ3) is 17.2. The number of nitriles is 1. The smallest absolute Gasteiger partial charge is 0.877 e. The molecular formula is C80H68ClN8NaO9. The van der Waals surface area contributed by atoms with Gasteiger partial charge in [0.25, 0.3) is 5.91 Å². The minimum absolute atomic E-state index is 0. The third-order valence-corrected chi connectivity index (χ3v) is 16.5. The Hall–Kier alpha value is -11.0. The maximum Gasteiger partial charge on any atom is 1.00 e. The number of amides is 1. The predicted molar refractivity (Wildman–Crippen MR) is 380 cm³/mol. The van der Waals surface area contributed by atoms with Crippen LogP contribution in [0.25, 0.3) is 48.6 Å². The van der Waals surface area contributed by atoms with Crippen molar-refractivity contribution in [1.29, 1.82) is 10.7 Å². The second-order valence-corrected chi connectivity index (χ2v) is 22.1. The van der Waals surface area contributed by atoms with Crippen LogP contribution in [-0.4, -0.2) is 83.6 Å². The van der Waals surface area contributed by atoms with E-state index in [1.54, 1.807) is 5.48 Å². The van der Waals surface area contributed by atoms with Crippen LogP contribution in [-0.2, 0) is 23.7 Å². The molecule has 17 nitrogen and oxygen atoms in total. The second-order valence-electron chi connectivity index (χ2n) is 22.1. The number of rotatable bonds is 9. The van der Waals surface area contributed by atoms with Gasteiger partial charge in [-0.3, -0.25) is 15.4 Å². The molecule has 8 aromatic carbocycles. The van der Waals surface area contributed by atoms with Crippen molar-refractivity contribution < 1.29 is 73.2 Å². The van der Waals surface area contributed by atoms with Crippen molar-refractivity contribution in [3.63, 3.8) is 0 Å². The molecule has 0 radical (unpaired) electrons. The van der Waals surface area contributed by atoms with Gasteiger partial charge in [0.2, 0.25) is 0 Å². The van der Waals surface area contributed by atoms with Gasteiger partial charge in [-0.25, -0.2) is 35.0 Å². The number of nitrogens with two attached hydrogens (primary N) is 1. The number of hydroxylamine groups is 1. The average molecular weight is 1340 g/mol. The maximum atomic E-state index is 11.6. The fourth-order valence-electron chi connectivity index (χ4n) is 11.9. The van der Waals surface area contributed by atoms with Crippen LogP contribution in [0, 0.1) is 16.7 Å². The fraction of sp³-hybridized carbons (Fsp3) is 0.113. The molecule has 0 spiro atoms. The van der Waals surface area contributed by atoms with E-state index < -0.39 is 24.1 Å². The van der Waals surface area contributed by atoms with Gasteiger partial charge in [-0.15, -0.1) is 18.7 Å². The Morgan fingerprint density at radius 2 is 0.778 bits per heavy atom. The van der Waals surface area contributed by atoms with E-state index in [-0.39, 0.29) is 82.6 Å². The summed E-state index contributed by atoms with van der Waals surface area (Å²) in [5, 5.41) is 36.4. The zero-order chi connectivity index (χ0) is 68.2. The number of nitrogens with one attached hydrogen (secondary N) is 2. The SMILES string of the molecule is COC(=O)/C(=C\[O-])C(OC)OC.COC(=O)c1cnc(C2c3ccccc3C=Cc3ccccc32)nc1.Cl.N#CC1c2ccccc2C=Cc2ccccc21.N=C(N)C1c2ccccc2C=Cc2ccccc21.O=C(NO)c1cnc(C2c3ccccc3C=Cc3ccccc32)nc1.[Na+]. The van der Waals surface area contributed by atoms with Crippen molar-refractivity contribution in [2.45, 2.75) is 30.0 Å². The van der Waals surface area contributed by atoms with Crippen LogP contribution in [0.4, 0.5) is 0 Å². The minimum atomic E-state index is -0.963. The Balaban J connectivity index is 0.000000160. The van der Waals surface area contributed by atoms with Gasteiger partial charge in [0.1, 0.15) is 17.5 Å². The number of hydrogen-bond acceptors (Lipinski definition) is 15. The first kappa shape index (κ1) is 73.8. The molecule has 0 saturated heterocycles. The number of halogens is 1. The van der Waals surface area contributed by atoms with E-state index in [2.05, 4.69) is 162 Å². The Morgan fingerprint density at radius 1 is 0.495 bits per heavy atom. The normalized spacial score (nSPS) is 12.7. The molecule has 0 aliphatic heterocycles. The molecule has 490 valence electrons. The van der Waals surface area contributed by atoms with E-state index in [0.717, 1.165) is 89.0 Å². The molecule has 0 saturated carbocycles. The van der Waals surface area contributed by atoms with E-state index in [0.29, 0.717) is 23.5 Å². The van der Waals surface area contributed by atoms with Crippen LogP contribution in [0.3, 0.4) is 0 Å². The van der Waals surface area contributed by atoms with Crippen LogP contribution < -0.4 is 45.9 Å². The van der Waals surface area contributed by atoms with Crippen LogP contribution in [0.2, 0.25) is 0 Å². The van der Waals surface area contributed by atoms with Gasteiger partial charge in [-0.05, 0) is 89.0 Å². The van der Waals surface area contributed by atoms with Gasteiger partial charge < -0.3 is 29.8 Å². The average Bonchev–Trinajstić information content (AvgIpc) is 1.76. The van der Waals surface area contributed by atoms with Crippen molar-refractivity contribution in [3.8, 4) is 6.07 Å². The molecule has 1 amide bonds. The number of amidine groups is 1. The third-order valence-electron chi connectivity index (χ3n) is 16.5. The summed E-state index contributed by atoms with van der Waals surface area (Å²) >= 11 is 0. The van der Waals surface area contributed by atoms with Crippen LogP contribution in [0.1, 0.15) is 145 Å². The molecule has 10 aromatic rings. The summed E-state index contributed by atoms with van der Waals surface area (Å²) in [7, 11) is 5.16. The Bertz CT molecular complexity index is 4340. The van der Waals surface area contributed by atoms with E-state index in [1.165, 1.54) is 53.2 Å². The number of benzene rings is 8.